The summed E-state index contributed by atoms with van der Waals surface area (Å²) in [6.07, 6.45) is 5.43. The van der Waals surface area contributed by atoms with E-state index < -0.39 is 0 Å². The van der Waals surface area contributed by atoms with Crippen molar-refractivity contribution in [1.29, 1.82) is 0 Å². The Bertz CT molecular complexity index is 823. The lowest BCUT2D eigenvalue weighted by Crippen LogP contribution is -2.31. The lowest BCUT2D eigenvalue weighted by molar-refractivity contribution is 0.0901. The number of rotatable bonds is 2. The van der Waals surface area contributed by atoms with Crippen LogP contribution >= 0.6 is 11.6 Å². The molecule has 4 rings (SSSR count). The highest BCUT2D eigenvalue weighted by atomic mass is 35.5. The Morgan fingerprint density at radius 3 is 3.00 bits per heavy atom. The largest absolute Gasteiger partial charge is 0.475 e. The van der Waals surface area contributed by atoms with Gasteiger partial charge >= 0.3 is 0 Å². The molecule has 0 atom stereocenters. The van der Waals surface area contributed by atoms with E-state index in [4.69, 9.17) is 16.3 Å². The van der Waals surface area contributed by atoms with Gasteiger partial charge in [-0.3, -0.25) is 14.9 Å². The summed E-state index contributed by atoms with van der Waals surface area (Å²) >= 11 is 6.38. The molecule has 3 heterocycles. The van der Waals surface area contributed by atoms with Gasteiger partial charge in [0.1, 0.15) is 12.2 Å². The molecule has 0 fully saturated rings. The fourth-order valence-corrected chi connectivity index (χ4v) is 3.08. The topological polar surface area (TPSA) is 38.2 Å². The molecule has 1 aromatic carbocycles. The minimum Gasteiger partial charge on any atom is -0.475 e. The number of halogens is 1. The Kier molecular flexibility index (Phi) is 3.41. The van der Waals surface area contributed by atoms with Crippen LogP contribution in [0, 0.1) is 0 Å². The van der Waals surface area contributed by atoms with Gasteiger partial charge in [-0.05, 0) is 29.8 Å². The van der Waals surface area contributed by atoms with Crippen molar-refractivity contribution in [1.82, 2.24) is 14.9 Å². The van der Waals surface area contributed by atoms with E-state index in [0.29, 0.717) is 11.8 Å². The van der Waals surface area contributed by atoms with Crippen molar-refractivity contribution in [2.75, 3.05) is 6.73 Å². The van der Waals surface area contributed by atoms with Gasteiger partial charge in [-0.2, -0.15) is 0 Å². The first kappa shape index (κ1) is 13.5. The summed E-state index contributed by atoms with van der Waals surface area (Å²) in [5.41, 5.74) is 3.08. The minimum absolute atomic E-state index is 0.537. The Balaban J connectivity index is 1.66. The highest BCUT2D eigenvalue weighted by molar-refractivity contribution is 6.35. The molecule has 0 saturated carbocycles. The quantitative estimate of drug-likeness (QED) is 0.724. The highest BCUT2D eigenvalue weighted by Crippen LogP contribution is 2.36. The predicted molar refractivity (Wildman–Crippen MR) is 85.7 cm³/mol. The van der Waals surface area contributed by atoms with Gasteiger partial charge in [-0.15, -0.1) is 0 Å². The van der Waals surface area contributed by atoms with E-state index in [1.807, 2.05) is 30.5 Å². The average molecular weight is 312 g/mol. The summed E-state index contributed by atoms with van der Waals surface area (Å²) in [6, 6.07) is 9.85. The summed E-state index contributed by atoms with van der Waals surface area (Å²) in [5.74, 6) is 0.849. The zero-order valence-electron chi connectivity index (χ0n) is 11.9. The van der Waals surface area contributed by atoms with Crippen molar-refractivity contribution in [3.8, 4) is 5.75 Å². The van der Waals surface area contributed by atoms with Crippen molar-refractivity contribution in [2.45, 2.75) is 13.1 Å². The first-order valence-electron chi connectivity index (χ1n) is 7.11. The second-order valence-electron chi connectivity index (χ2n) is 5.37. The lowest BCUT2D eigenvalue weighted by Gasteiger charge is -2.29. The number of aromatic nitrogens is 2. The van der Waals surface area contributed by atoms with Crippen LogP contribution in [0.4, 0.5) is 0 Å². The molecule has 110 valence electrons. The lowest BCUT2D eigenvalue weighted by atomic mass is 10.1. The predicted octanol–water partition coefficient (Wildman–Crippen LogP) is 3.64. The number of hydrogen-bond acceptors (Lipinski definition) is 4. The van der Waals surface area contributed by atoms with E-state index in [-0.39, 0.29) is 0 Å². The first-order chi connectivity index (χ1) is 10.8. The van der Waals surface area contributed by atoms with Crippen LogP contribution in [-0.2, 0) is 13.1 Å². The maximum absolute atomic E-state index is 6.38. The summed E-state index contributed by atoms with van der Waals surface area (Å²) in [7, 11) is 0. The van der Waals surface area contributed by atoms with Crippen LogP contribution in [0.1, 0.15) is 11.1 Å². The van der Waals surface area contributed by atoms with E-state index in [0.717, 1.165) is 35.3 Å². The van der Waals surface area contributed by atoms with Crippen molar-refractivity contribution >= 4 is 22.5 Å². The molecule has 1 aliphatic heterocycles. The zero-order chi connectivity index (χ0) is 14.9. The van der Waals surface area contributed by atoms with Crippen molar-refractivity contribution in [3.63, 3.8) is 0 Å². The number of pyridine rings is 2. The smallest absolute Gasteiger partial charge is 0.152 e. The van der Waals surface area contributed by atoms with Gasteiger partial charge < -0.3 is 4.74 Å². The van der Waals surface area contributed by atoms with Crippen LogP contribution < -0.4 is 4.74 Å². The first-order valence-corrected chi connectivity index (χ1v) is 7.49. The molecule has 0 amide bonds. The fourth-order valence-electron chi connectivity index (χ4n) is 2.80. The monoisotopic (exact) mass is 311 g/mol. The van der Waals surface area contributed by atoms with E-state index >= 15 is 0 Å². The Morgan fingerprint density at radius 2 is 2.14 bits per heavy atom. The number of benzene rings is 1. The Labute approximate surface area is 133 Å². The summed E-state index contributed by atoms with van der Waals surface area (Å²) in [6.45, 7) is 2.12. The van der Waals surface area contributed by atoms with Crippen LogP contribution in [0.3, 0.4) is 0 Å². The second kappa shape index (κ2) is 5.55. The van der Waals surface area contributed by atoms with Gasteiger partial charge in [0.25, 0.3) is 0 Å². The number of nitrogens with zero attached hydrogens (tertiary/aromatic N) is 3. The Morgan fingerprint density at radius 1 is 1.23 bits per heavy atom. The fraction of sp³-hybridized carbons (Fsp3) is 0.176. The zero-order valence-corrected chi connectivity index (χ0v) is 12.6. The van der Waals surface area contributed by atoms with Gasteiger partial charge in [-0.25, -0.2) is 0 Å². The molecule has 0 spiro atoms. The molecule has 0 radical (unpaired) electrons. The molecular weight excluding hydrogens is 298 g/mol. The van der Waals surface area contributed by atoms with Crippen LogP contribution in [0.25, 0.3) is 10.9 Å². The van der Waals surface area contributed by atoms with Crippen LogP contribution in [-0.4, -0.2) is 21.6 Å². The molecule has 0 bridgehead atoms. The van der Waals surface area contributed by atoms with E-state index in [9.17, 15) is 0 Å². The summed E-state index contributed by atoms with van der Waals surface area (Å²) < 4.78 is 5.96. The number of fused-ring (bicyclic) bond motifs is 3. The SMILES string of the molecule is Clc1cc2c(c3ncccc13)OCN(Cc1cccnc1)C2. The summed E-state index contributed by atoms with van der Waals surface area (Å²) in [5, 5.41) is 1.65. The van der Waals surface area contributed by atoms with E-state index in [2.05, 4.69) is 20.9 Å². The molecule has 0 N–H and O–H groups in total. The molecule has 5 heteroatoms. The van der Waals surface area contributed by atoms with Crippen LogP contribution in [0.15, 0.2) is 48.9 Å². The van der Waals surface area contributed by atoms with Gasteiger partial charge in [0, 0.05) is 42.6 Å². The standard InChI is InChI=1S/C17H14ClN3O/c18-15-7-13-10-21(9-12-3-1-5-19-8-12)11-22-17(13)16-14(15)4-2-6-20-16/h1-8H,9-11H2. The third-order valence-corrected chi connectivity index (χ3v) is 4.10. The van der Waals surface area contributed by atoms with Crippen LogP contribution in [0.2, 0.25) is 5.02 Å². The van der Waals surface area contributed by atoms with Gasteiger partial charge in [0.05, 0.1) is 5.02 Å². The molecular formula is C17H14ClN3O. The summed E-state index contributed by atoms with van der Waals surface area (Å²) in [4.78, 5) is 10.8. The average Bonchev–Trinajstić information content (AvgIpc) is 2.56. The van der Waals surface area contributed by atoms with Gasteiger partial charge in [0.2, 0.25) is 0 Å². The normalized spacial score (nSPS) is 14.6. The second-order valence-corrected chi connectivity index (χ2v) is 5.78. The maximum atomic E-state index is 6.38. The highest BCUT2D eigenvalue weighted by Gasteiger charge is 2.21. The third-order valence-electron chi connectivity index (χ3n) is 3.79. The molecule has 0 saturated heterocycles. The third kappa shape index (κ3) is 2.40. The molecule has 4 nitrogen and oxygen atoms in total. The maximum Gasteiger partial charge on any atom is 0.152 e. The van der Waals surface area contributed by atoms with Gasteiger partial charge in [-0.1, -0.05) is 17.7 Å². The van der Waals surface area contributed by atoms with Crippen LogP contribution in [0.5, 0.6) is 5.75 Å². The minimum atomic E-state index is 0.537. The number of ether oxygens (including phenoxy) is 1. The van der Waals surface area contributed by atoms with Crippen molar-refractivity contribution in [2.24, 2.45) is 0 Å². The molecule has 1 aliphatic rings. The molecule has 2 aromatic heterocycles. The van der Waals surface area contributed by atoms with E-state index in [1.165, 1.54) is 5.56 Å². The number of hydrogen-bond donors (Lipinski definition) is 0. The molecule has 0 unspecified atom stereocenters. The van der Waals surface area contributed by atoms with Gasteiger partial charge in [0.15, 0.2) is 5.75 Å². The van der Waals surface area contributed by atoms with E-state index in [1.54, 1.807) is 12.4 Å². The van der Waals surface area contributed by atoms with Crippen molar-refractivity contribution in [3.05, 3.63) is 65.1 Å². The molecule has 22 heavy (non-hydrogen) atoms. The molecule has 0 aliphatic carbocycles. The Hall–Kier alpha value is -2.17. The van der Waals surface area contributed by atoms with Crippen molar-refractivity contribution < 1.29 is 4.74 Å². The molecule has 3 aromatic rings.